The van der Waals surface area contributed by atoms with E-state index < -0.39 is 5.63 Å². The molecule has 0 N–H and O–H groups in total. The van der Waals surface area contributed by atoms with Crippen molar-refractivity contribution in [3.8, 4) is 0 Å². The normalized spacial score (nSPS) is 10.8. The molecule has 2 aromatic rings. The van der Waals surface area contributed by atoms with Crippen LogP contribution in [0.1, 0.15) is 25.5 Å². The number of nitrogens with zero attached hydrogens (tertiary/aromatic N) is 1. The Kier molecular flexibility index (Phi) is 3.96. The lowest BCUT2D eigenvalue weighted by Crippen LogP contribution is -2.15. The first-order valence-electron chi connectivity index (χ1n) is 6.13. The van der Waals surface area contributed by atoms with Crippen LogP contribution in [0.3, 0.4) is 0 Å². The minimum absolute atomic E-state index is 0.107. The SMILES string of the molecule is CC(C)c1cc(N(C)c2ccccc2)c(Cl)c(=O)o1. The Morgan fingerprint density at radius 3 is 2.42 bits per heavy atom. The van der Waals surface area contributed by atoms with Gasteiger partial charge in [0.2, 0.25) is 0 Å². The molecule has 0 atom stereocenters. The molecule has 0 aliphatic rings. The first-order valence-corrected chi connectivity index (χ1v) is 6.51. The third kappa shape index (κ3) is 2.82. The fourth-order valence-electron chi connectivity index (χ4n) is 1.80. The average Bonchev–Trinajstić information content (AvgIpc) is 2.41. The molecule has 0 fully saturated rings. The monoisotopic (exact) mass is 277 g/mol. The lowest BCUT2D eigenvalue weighted by Gasteiger charge is -2.21. The van der Waals surface area contributed by atoms with Crippen molar-refractivity contribution < 1.29 is 4.42 Å². The summed E-state index contributed by atoms with van der Waals surface area (Å²) in [5, 5.41) is 0.107. The maximum Gasteiger partial charge on any atom is 0.357 e. The van der Waals surface area contributed by atoms with Crippen LogP contribution < -0.4 is 10.5 Å². The number of benzene rings is 1. The summed E-state index contributed by atoms with van der Waals surface area (Å²) in [5.41, 5.74) is 1.13. The molecule has 3 nitrogen and oxygen atoms in total. The van der Waals surface area contributed by atoms with E-state index in [-0.39, 0.29) is 10.9 Å². The van der Waals surface area contributed by atoms with Gasteiger partial charge in [-0.1, -0.05) is 43.6 Å². The minimum Gasteiger partial charge on any atom is -0.426 e. The van der Waals surface area contributed by atoms with Crippen molar-refractivity contribution in [2.75, 3.05) is 11.9 Å². The van der Waals surface area contributed by atoms with Crippen LogP contribution in [-0.2, 0) is 0 Å². The number of anilines is 2. The van der Waals surface area contributed by atoms with Gasteiger partial charge in [0, 0.05) is 24.7 Å². The standard InChI is InChI=1S/C15H16ClNO2/c1-10(2)13-9-12(14(16)15(18)19-13)17(3)11-7-5-4-6-8-11/h4-10H,1-3H3. The lowest BCUT2D eigenvalue weighted by molar-refractivity contribution is 0.441. The first-order chi connectivity index (χ1) is 9.00. The van der Waals surface area contributed by atoms with Gasteiger partial charge in [-0.05, 0) is 12.1 Å². The molecule has 0 saturated carbocycles. The van der Waals surface area contributed by atoms with Crippen molar-refractivity contribution in [1.29, 1.82) is 0 Å². The van der Waals surface area contributed by atoms with Gasteiger partial charge in [-0.25, -0.2) is 4.79 Å². The van der Waals surface area contributed by atoms with Crippen LogP contribution in [0.25, 0.3) is 0 Å². The van der Waals surface area contributed by atoms with Gasteiger partial charge in [0.15, 0.2) is 0 Å². The van der Waals surface area contributed by atoms with Crippen LogP contribution in [0, 0.1) is 0 Å². The Hall–Kier alpha value is -1.74. The van der Waals surface area contributed by atoms with Crippen LogP contribution in [0.2, 0.25) is 5.02 Å². The fourth-order valence-corrected chi connectivity index (χ4v) is 2.02. The zero-order valence-corrected chi connectivity index (χ0v) is 11.9. The average molecular weight is 278 g/mol. The van der Waals surface area contributed by atoms with E-state index in [9.17, 15) is 4.79 Å². The molecule has 0 spiro atoms. The fraction of sp³-hybridized carbons (Fsp3) is 0.267. The van der Waals surface area contributed by atoms with Gasteiger partial charge in [0.1, 0.15) is 10.8 Å². The Bertz CT molecular complexity index is 620. The van der Waals surface area contributed by atoms with Crippen LogP contribution in [-0.4, -0.2) is 7.05 Å². The second kappa shape index (κ2) is 5.49. The van der Waals surface area contributed by atoms with E-state index in [0.29, 0.717) is 11.4 Å². The van der Waals surface area contributed by atoms with E-state index in [1.807, 2.05) is 62.2 Å². The van der Waals surface area contributed by atoms with Gasteiger partial charge in [0.05, 0.1) is 5.69 Å². The van der Waals surface area contributed by atoms with E-state index in [1.165, 1.54) is 0 Å². The molecule has 19 heavy (non-hydrogen) atoms. The summed E-state index contributed by atoms with van der Waals surface area (Å²) in [7, 11) is 1.88. The zero-order chi connectivity index (χ0) is 14.0. The number of hydrogen-bond donors (Lipinski definition) is 0. The number of para-hydroxylation sites is 1. The van der Waals surface area contributed by atoms with Crippen LogP contribution in [0.15, 0.2) is 45.6 Å². The molecule has 0 radical (unpaired) electrons. The van der Waals surface area contributed by atoms with Crippen molar-refractivity contribution in [3.63, 3.8) is 0 Å². The van der Waals surface area contributed by atoms with Gasteiger partial charge in [-0.2, -0.15) is 0 Å². The van der Waals surface area contributed by atoms with Gasteiger partial charge in [-0.3, -0.25) is 0 Å². The summed E-state index contributed by atoms with van der Waals surface area (Å²) in [6.07, 6.45) is 0. The molecule has 2 rings (SSSR count). The van der Waals surface area contributed by atoms with E-state index in [1.54, 1.807) is 0 Å². The minimum atomic E-state index is -0.495. The second-order valence-electron chi connectivity index (χ2n) is 4.68. The molecule has 0 aliphatic carbocycles. The largest absolute Gasteiger partial charge is 0.426 e. The summed E-state index contributed by atoms with van der Waals surface area (Å²) in [5.74, 6) is 0.764. The molecule has 0 saturated heterocycles. The molecule has 1 heterocycles. The maximum atomic E-state index is 11.8. The molecule has 100 valence electrons. The third-order valence-corrected chi connectivity index (χ3v) is 3.32. The van der Waals surface area contributed by atoms with Gasteiger partial charge in [0.25, 0.3) is 0 Å². The molecule has 0 aliphatic heterocycles. The van der Waals surface area contributed by atoms with E-state index in [4.69, 9.17) is 16.0 Å². The topological polar surface area (TPSA) is 33.5 Å². The predicted octanol–water partition coefficient (Wildman–Crippen LogP) is 4.18. The van der Waals surface area contributed by atoms with Gasteiger partial charge < -0.3 is 9.32 Å². The van der Waals surface area contributed by atoms with E-state index in [0.717, 1.165) is 5.69 Å². The number of halogens is 1. The third-order valence-electron chi connectivity index (χ3n) is 2.97. The Morgan fingerprint density at radius 2 is 1.84 bits per heavy atom. The van der Waals surface area contributed by atoms with Crippen LogP contribution in [0.4, 0.5) is 11.4 Å². The maximum absolute atomic E-state index is 11.8. The smallest absolute Gasteiger partial charge is 0.357 e. The zero-order valence-electron chi connectivity index (χ0n) is 11.2. The summed E-state index contributed by atoms with van der Waals surface area (Å²) >= 11 is 6.07. The highest BCUT2D eigenvalue weighted by Crippen LogP contribution is 2.30. The van der Waals surface area contributed by atoms with Crippen LogP contribution in [0.5, 0.6) is 0 Å². The molecule has 4 heteroatoms. The summed E-state index contributed by atoms with van der Waals surface area (Å²) in [4.78, 5) is 13.7. The lowest BCUT2D eigenvalue weighted by atomic mass is 10.1. The highest BCUT2D eigenvalue weighted by molar-refractivity contribution is 6.33. The van der Waals surface area contributed by atoms with Gasteiger partial charge >= 0.3 is 5.63 Å². The first kappa shape index (κ1) is 13.7. The van der Waals surface area contributed by atoms with Crippen molar-refractivity contribution in [2.45, 2.75) is 19.8 Å². The van der Waals surface area contributed by atoms with Crippen molar-refractivity contribution in [3.05, 3.63) is 57.6 Å². The molecular formula is C15H16ClNO2. The summed E-state index contributed by atoms with van der Waals surface area (Å²) < 4.78 is 5.18. The quantitative estimate of drug-likeness (QED) is 0.844. The van der Waals surface area contributed by atoms with Crippen molar-refractivity contribution >= 4 is 23.0 Å². The van der Waals surface area contributed by atoms with E-state index >= 15 is 0 Å². The Balaban J connectivity index is 2.53. The van der Waals surface area contributed by atoms with E-state index in [2.05, 4.69) is 0 Å². The van der Waals surface area contributed by atoms with Crippen molar-refractivity contribution in [2.24, 2.45) is 0 Å². The molecule has 0 amide bonds. The number of hydrogen-bond acceptors (Lipinski definition) is 3. The molecule has 0 bridgehead atoms. The Labute approximate surface area is 117 Å². The Morgan fingerprint density at radius 1 is 1.21 bits per heavy atom. The summed E-state index contributed by atoms with van der Waals surface area (Å²) in [6, 6.07) is 11.6. The molecular weight excluding hydrogens is 262 g/mol. The van der Waals surface area contributed by atoms with Crippen LogP contribution >= 0.6 is 11.6 Å². The molecule has 1 aromatic carbocycles. The summed E-state index contributed by atoms with van der Waals surface area (Å²) in [6.45, 7) is 3.94. The van der Waals surface area contributed by atoms with Gasteiger partial charge in [-0.15, -0.1) is 0 Å². The highest BCUT2D eigenvalue weighted by Gasteiger charge is 2.16. The highest BCUT2D eigenvalue weighted by atomic mass is 35.5. The molecule has 0 unspecified atom stereocenters. The molecule has 1 aromatic heterocycles. The second-order valence-corrected chi connectivity index (χ2v) is 5.06. The predicted molar refractivity (Wildman–Crippen MR) is 78.6 cm³/mol. The van der Waals surface area contributed by atoms with Crippen molar-refractivity contribution in [1.82, 2.24) is 0 Å². The number of rotatable bonds is 3.